The van der Waals surface area contributed by atoms with E-state index in [-0.39, 0.29) is 0 Å². The lowest BCUT2D eigenvalue weighted by Crippen LogP contribution is -2.45. The third-order valence-electron chi connectivity index (χ3n) is 3.13. The van der Waals surface area contributed by atoms with E-state index in [9.17, 15) is 0 Å². The summed E-state index contributed by atoms with van der Waals surface area (Å²) in [5, 5.41) is 11.6. The first kappa shape index (κ1) is 10.6. The van der Waals surface area contributed by atoms with Crippen molar-refractivity contribution in [2.24, 2.45) is 11.8 Å². The van der Waals surface area contributed by atoms with Crippen molar-refractivity contribution in [1.29, 1.82) is 0 Å². The van der Waals surface area contributed by atoms with Crippen LogP contribution in [0, 0.1) is 11.8 Å². The molecule has 0 aliphatic carbocycles. The van der Waals surface area contributed by atoms with E-state index in [1.807, 2.05) is 6.33 Å². The van der Waals surface area contributed by atoms with E-state index in [0.29, 0.717) is 11.8 Å². The largest absolute Gasteiger partial charge is 0.317 e. The number of hydrogen-bond donors (Lipinski definition) is 1. The first-order valence-corrected chi connectivity index (χ1v) is 5.77. The normalized spacial score (nSPS) is 19.2. The van der Waals surface area contributed by atoms with Crippen LogP contribution in [0.3, 0.4) is 0 Å². The van der Waals surface area contributed by atoms with Crippen LogP contribution in [0.4, 0.5) is 0 Å². The van der Waals surface area contributed by atoms with Gasteiger partial charge in [-0.2, -0.15) is 0 Å². The summed E-state index contributed by atoms with van der Waals surface area (Å²) in [7, 11) is 0. The Labute approximate surface area is 91.1 Å². The van der Waals surface area contributed by atoms with Gasteiger partial charge in [0, 0.05) is 12.5 Å². The van der Waals surface area contributed by atoms with Gasteiger partial charge < -0.3 is 9.88 Å². The van der Waals surface area contributed by atoms with E-state index in [4.69, 9.17) is 0 Å². The van der Waals surface area contributed by atoms with Gasteiger partial charge in [-0.1, -0.05) is 20.8 Å². The molecule has 1 aromatic heterocycles. The molecule has 4 heteroatoms. The van der Waals surface area contributed by atoms with Gasteiger partial charge in [0.05, 0.1) is 0 Å². The number of aromatic nitrogens is 3. The van der Waals surface area contributed by atoms with Gasteiger partial charge >= 0.3 is 0 Å². The van der Waals surface area contributed by atoms with Gasteiger partial charge in [-0.05, 0) is 24.9 Å². The fourth-order valence-corrected chi connectivity index (χ4v) is 2.03. The van der Waals surface area contributed by atoms with Crippen LogP contribution in [0.2, 0.25) is 0 Å². The molecule has 0 aromatic carbocycles. The molecule has 0 saturated carbocycles. The third-order valence-corrected chi connectivity index (χ3v) is 3.13. The second-order valence-corrected chi connectivity index (χ2v) is 4.94. The van der Waals surface area contributed by atoms with Crippen LogP contribution in [0.15, 0.2) is 6.33 Å². The minimum atomic E-state index is 0.521. The molecule has 1 aromatic rings. The Balaban J connectivity index is 2.08. The van der Waals surface area contributed by atoms with E-state index in [1.165, 1.54) is 0 Å². The van der Waals surface area contributed by atoms with Gasteiger partial charge in [-0.25, -0.2) is 0 Å². The number of nitrogens with zero attached hydrogens (tertiary/aromatic N) is 3. The van der Waals surface area contributed by atoms with Crippen LogP contribution >= 0.6 is 0 Å². The average Bonchev–Trinajstić information content (AvgIpc) is 2.47. The highest BCUT2D eigenvalue weighted by atomic mass is 15.3. The lowest BCUT2D eigenvalue weighted by molar-refractivity contribution is 0.288. The predicted molar refractivity (Wildman–Crippen MR) is 59.6 cm³/mol. The molecule has 2 heterocycles. The second-order valence-electron chi connectivity index (χ2n) is 4.94. The zero-order valence-electron chi connectivity index (χ0n) is 9.77. The summed E-state index contributed by atoms with van der Waals surface area (Å²) in [6.07, 6.45) is 1.86. The zero-order valence-corrected chi connectivity index (χ0v) is 9.77. The lowest BCUT2D eigenvalue weighted by Gasteiger charge is -2.32. The highest BCUT2D eigenvalue weighted by molar-refractivity contribution is 5.01. The quantitative estimate of drug-likeness (QED) is 0.810. The minimum Gasteiger partial charge on any atom is -0.317 e. The molecule has 0 radical (unpaired) electrons. The lowest BCUT2D eigenvalue weighted by atomic mass is 9.88. The van der Waals surface area contributed by atoms with Crippen molar-refractivity contribution in [3.05, 3.63) is 12.2 Å². The molecule has 1 unspecified atom stereocenters. The summed E-state index contributed by atoms with van der Waals surface area (Å²) in [6.45, 7) is 9.96. The maximum Gasteiger partial charge on any atom is 0.136 e. The van der Waals surface area contributed by atoms with Crippen molar-refractivity contribution in [3.63, 3.8) is 0 Å². The highest BCUT2D eigenvalue weighted by Gasteiger charge is 2.27. The Hall–Kier alpha value is -0.900. The summed E-state index contributed by atoms with van der Waals surface area (Å²) in [4.78, 5) is 0. The summed E-state index contributed by atoms with van der Waals surface area (Å²) in [5.74, 6) is 3.05. The molecular weight excluding hydrogens is 188 g/mol. The SMILES string of the molecule is CC(C)Cn1cnnc1C(C)C1CNC1. The summed E-state index contributed by atoms with van der Waals surface area (Å²) < 4.78 is 2.20. The first-order valence-electron chi connectivity index (χ1n) is 5.77. The maximum absolute atomic E-state index is 4.26. The Morgan fingerprint density at radius 3 is 2.73 bits per heavy atom. The molecule has 84 valence electrons. The van der Waals surface area contributed by atoms with E-state index in [1.54, 1.807) is 0 Å². The average molecular weight is 208 g/mol. The molecule has 0 bridgehead atoms. The summed E-state index contributed by atoms with van der Waals surface area (Å²) in [6, 6.07) is 0. The van der Waals surface area contributed by atoms with E-state index < -0.39 is 0 Å². The molecule has 0 amide bonds. The minimum absolute atomic E-state index is 0.521. The van der Waals surface area contributed by atoms with Crippen LogP contribution in [0.5, 0.6) is 0 Å². The molecule has 1 aliphatic heterocycles. The highest BCUT2D eigenvalue weighted by Crippen LogP contribution is 2.25. The molecule has 1 saturated heterocycles. The molecular formula is C11H20N4. The van der Waals surface area contributed by atoms with E-state index in [2.05, 4.69) is 40.9 Å². The summed E-state index contributed by atoms with van der Waals surface area (Å²) >= 11 is 0. The first-order chi connectivity index (χ1) is 7.18. The van der Waals surface area contributed by atoms with Gasteiger partial charge in [0.1, 0.15) is 12.2 Å². The number of hydrogen-bond acceptors (Lipinski definition) is 3. The van der Waals surface area contributed by atoms with Crippen LogP contribution < -0.4 is 5.32 Å². The Kier molecular flexibility index (Phi) is 3.05. The summed E-state index contributed by atoms with van der Waals surface area (Å²) in [5.41, 5.74) is 0. The van der Waals surface area contributed by atoms with Crippen molar-refractivity contribution in [1.82, 2.24) is 20.1 Å². The third kappa shape index (κ3) is 2.20. The Morgan fingerprint density at radius 2 is 2.20 bits per heavy atom. The fourth-order valence-electron chi connectivity index (χ4n) is 2.03. The second kappa shape index (κ2) is 4.31. The van der Waals surface area contributed by atoms with Gasteiger partial charge in [0.25, 0.3) is 0 Å². The molecule has 1 aliphatic rings. The van der Waals surface area contributed by atoms with Crippen molar-refractivity contribution < 1.29 is 0 Å². The van der Waals surface area contributed by atoms with Crippen molar-refractivity contribution in [3.8, 4) is 0 Å². The zero-order chi connectivity index (χ0) is 10.8. The van der Waals surface area contributed by atoms with Crippen LogP contribution in [0.25, 0.3) is 0 Å². The van der Waals surface area contributed by atoms with E-state index in [0.717, 1.165) is 31.4 Å². The number of rotatable bonds is 4. The monoisotopic (exact) mass is 208 g/mol. The molecule has 1 atom stereocenters. The van der Waals surface area contributed by atoms with Crippen LogP contribution in [0.1, 0.15) is 32.5 Å². The smallest absolute Gasteiger partial charge is 0.136 e. The van der Waals surface area contributed by atoms with Crippen molar-refractivity contribution >= 4 is 0 Å². The van der Waals surface area contributed by atoms with E-state index >= 15 is 0 Å². The van der Waals surface area contributed by atoms with Gasteiger partial charge in [0.2, 0.25) is 0 Å². The van der Waals surface area contributed by atoms with Gasteiger partial charge in [-0.15, -0.1) is 10.2 Å². The van der Waals surface area contributed by atoms with Crippen LogP contribution in [-0.4, -0.2) is 27.9 Å². The Bertz CT molecular complexity index is 314. The molecule has 15 heavy (non-hydrogen) atoms. The maximum atomic E-state index is 4.26. The molecule has 1 N–H and O–H groups in total. The van der Waals surface area contributed by atoms with Crippen molar-refractivity contribution in [2.45, 2.75) is 33.2 Å². The molecule has 1 fully saturated rings. The van der Waals surface area contributed by atoms with Crippen LogP contribution in [-0.2, 0) is 6.54 Å². The molecule has 0 spiro atoms. The van der Waals surface area contributed by atoms with Gasteiger partial charge in [-0.3, -0.25) is 0 Å². The molecule has 4 nitrogen and oxygen atoms in total. The van der Waals surface area contributed by atoms with Gasteiger partial charge in [0.15, 0.2) is 0 Å². The fraction of sp³-hybridized carbons (Fsp3) is 0.818. The standard InChI is InChI=1S/C11H20N4/c1-8(2)6-15-7-13-14-11(15)9(3)10-4-12-5-10/h7-10,12H,4-6H2,1-3H3. The predicted octanol–water partition coefficient (Wildman–Crippen LogP) is 1.26. The van der Waals surface area contributed by atoms with Crippen molar-refractivity contribution in [2.75, 3.05) is 13.1 Å². The number of nitrogens with one attached hydrogen (secondary N) is 1. The Morgan fingerprint density at radius 1 is 1.47 bits per heavy atom. The topological polar surface area (TPSA) is 42.7 Å². The molecule has 2 rings (SSSR count).